The van der Waals surface area contributed by atoms with Gasteiger partial charge in [-0.2, -0.15) is 0 Å². The lowest BCUT2D eigenvalue weighted by molar-refractivity contribution is -0.375. The van der Waals surface area contributed by atoms with Crippen molar-refractivity contribution in [2.24, 2.45) is 0 Å². The molecule has 0 aromatic carbocycles. The van der Waals surface area contributed by atoms with Crippen molar-refractivity contribution in [3.63, 3.8) is 0 Å². The van der Waals surface area contributed by atoms with Crippen molar-refractivity contribution in [3.05, 3.63) is 11.8 Å². The molecule has 2 saturated heterocycles. The fourth-order valence-electron chi connectivity index (χ4n) is 4.30. The number of aliphatic hydroxyl groups is 10. The third-order valence-electron chi connectivity index (χ3n) is 6.57. The van der Waals surface area contributed by atoms with Crippen LogP contribution in [0.3, 0.4) is 0 Å². The van der Waals surface area contributed by atoms with Crippen LogP contribution in [0.2, 0.25) is 0 Å². The van der Waals surface area contributed by atoms with Crippen molar-refractivity contribution in [1.29, 1.82) is 0 Å². The molecule has 0 bridgehead atoms. The highest BCUT2D eigenvalue weighted by atomic mass is 16.8. The summed E-state index contributed by atoms with van der Waals surface area (Å²) in [7, 11) is 0. The Morgan fingerprint density at radius 3 is 1.80 bits per heavy atom. The minimum atomic E-state index is -1.99. The van der Waals surface area contributed by atoms with E-state index in [1.807, 2.05) is 0 Å². The first kappa shape index (κ1) is 32.8. The Morgan fingerprint density at radius 2 is 1.30 bits per heavy atom. The Hall–Kier alpha value is -1.72. The summed E-state index contributed by atoms with van der Waals surface area (Å²) in [6.07, 6.45) is -25.2. The molecule has 0 aromatic rings. The van der Waals surface area contributed by atoms with Crippen LogP contribution in [-0.4, -0.2) is 176 Å². The largest absolute Gasteiger partial charge is 0.459 e. The molecule has 3 aliphatic heterocycles. The summed E-state index contributed by atoms with van der Waals surface area (Å²) in [4.78, 5) is 22.0. The van der Waals surface area contributed by atoms with E-state index in [0.29, 0.717) is 0 Å². The first-order chi connectivity index (χ1) is 19.0. The molecule has 3 heterocycles. The standard InChI is InChI=1S/C22H34O18/c23-2-7-1-8(28)13(30)20(35-7)39-19-15(32)12(6-27)38-22(17(19)34)40-18-14(31)11(5-26)37-21(16(18)33)36-10(4-25)9(29)3-24/h1-3,8-22,25-34H,4-6H2. The van der Waals surface area contributed by atoms with Gasteiger partial charge in [0.05, 0.1) is 19.8 Å². The van der Waals surface area contributed by atoms with Crippen LogP contribution in [0.4, 0.5) is 0 Å². The minimum Gasteiger partial charge on any atom is -0.459 e. The van der Waals surface area contributed by atoms with Crippen LogP contribution in [0.25, 0.3) is 0 Å². The smallest absolute Gasteiger partial charge is 0.229 e. The van der Waals surface area contributed by atoms with Gasteiger partial charge in [0, 0.05) is 0 Å². The lowest BCUT2D eigenvalue weighted by Crippen LogP contribution is -2.66. The molecule has 10 N–H and O–H groups in total. The normalized spacial score (nSPS) is 43.8. The highest BCUT2D eigenvalue weighted by molar-refractivity contribution is 5.70. The Labute approximate surface area is 226 Å². The van der Waals surface area contributed by atoms with Gasteiger partial charge in [0.15, 0.2) is 30.9 Å². The zero-order valence-corrected chi connectivity index (χ0v) is 20.8. The monoisotopic (exact) mass is 586 g/mol. The highest BCUT2D eigenvalue weighted by Crippen LogP contribution is 2.32. The summed E-state index contributed by atoms with van der Waals surface area (Å²) in [6, 6.07) is 0. The fourth-order valence-corrected chi connectivity index (χ4v) is 4.30. The van der Waals surface area contributed by atoms with E-state index in [4.69, 9.17) is 28.4 Å². The van der Waals surface area contributed by atoms with Crippen LogP contribution in [0.5, 0.6) is 0 Å². The van der Waals surface area contributed by atoms with Crippen LogP contribution in [-0.2, 0) is 38.0 Å². The van der Waals surface area contributed by atoms with Crippen molar-refractivity contribution < 1.29 is 89.1 Å². The average molecular weight is 586 g/mol. The number of aldehydes is 2. The van der Waals surface area contributed by atoms with E-state index < -0.39 is 118 Å². The zero-order valence-electron chi connectivity index (χ0n) is 20.8. The lowest BCUT2D eigenvalue weighted by Gasteiger charge is -2.47. The molecule has 18 heteroatoms. The maximum Gasteiger partial charge on any atom is 0.229 e. The second kappa shape index (κ2) is 14.4. The summed E-state index contributed by atoms with van der Waals surface area (Å²) in [5, 5.41) is 101. The van der Waals surface area contributed by atoms with Crippen LogP contribution in [0.15, 0.2) is 11.8 Å². The van der Waals surface area contributed by atoms with Gasteiger partial charge in [0.1, 0.15) is 73.2 Å². The SMILES string of the molecule is O=CC1=CC(O)C(O)C(OC2C(O)C(CO)OC(OC3C(O)C(CO)OC(OC(CO)C(O)C=O)C3O)C2O)O1. The van der Waals surface area contributed by atoms with Crippen molar-refractivity contribution in [2.45, 2.75) is 92.1 Å². The van der Waals surface area contributed by atoms with Crippen LogP contribution >= 0.6 is 0 Å². The Morgan fingerprint density at radius 1 is 0.775 bits per heavy atom. The van der Waals surface area contributed by atoms with E-state index in [9.17, 15) is 60.7 Å². The van der Waals surface area contributed by atoms with E-state index >= 15 is 0 Å². The second-order valence-electron chi connectivity index (χ2n) is 9.25. The predicted octanol–water partition coefficient (Wildman–Crippen LogP) is -7.27. The molecule has 15 atom stereocenters. The van der Waals surface area contributed by atoms with E-state index in [1.54, 1.807) is 0 Å². The van der Waals surface area contributed by atoms with E-state index in [1.165, 1.54) is 0 Å². The number of allylic oxidation sites excluding steroid dienone is 1. The molecular formula is C22H34O18. The van der Waals surface area contributed by atoms with Gasteiger partial charge in [-0.3, -0.25) is 4.79 Å². The molecule has 0 spiro atoms. The Balaban J connectivity index is 1.81. The molecule has 40 heavy (non-hydrogen) atoms. The average Bonchev–Trinajstić information content (AvgIpc) is 2.95. The van der Waals surface area contributed by atoms with Gasteiger partial charge in [0.25, 0.3) is 0 Å². The summed E-state index contributed by atoms with van der Waals surface area (Å²) < 4.78 is 32.0. The number of hydrogen-bond donors (Lipinski definition) is 10. The van der Waals surface area contributed by atoms with Gasteiger partial charge in [-0.1, -0.05) is 0 Å². The molecule has 0 aliphatic carbocycles. The minimum absolute atomic E-state index is 0.0506. The summed E-state index contributed by atoms with van der Waals surface area (Å²) >= 11 is 0. The summed E-state index contributed by atoms with van der Waals surface area (Å²) in [5.74, 6) is -0.416. The maximum absolute atomic E-state index is 11.1. The molecule has 0 saturated carbocycles. The molecule has 0 radical (unpaired) electrons. The van der Waals surface area contributed by atoms with Crippen molar-refractivity contribution in [2.75, 3.05) is 19.8 Å². The summed E-state index contributed by atoms with van der Waals surface area (Å²) in [5.41, 5.74) is 0. The molecule has 0 aromatic heterocycles. The van der Waals surface area contributed by atoms with E-state index in [-0.39, 0.29) is 12.6 Å². The zero-order chi connectivity index (χ0) is 29.7. The first-order valence-corrected chi connectivity index (χ1v) is 12.2. The number of aliphatic hydroxyl groups excluding tert-OH is 10. The quantitative estimate of drug-likeness (QED) is 0.0950. The van der Waals surface area contributed by atoms with Crippen molar-refractivity contribution >= 4 is 12.6 Å². The molecular weight excluding hydrogens is 552 g/mol. The number of carbonyl (C=O) groups excluding carboxylic acids is 2. The van der Waals surface area contributed by atoms with Crippen molar-refractivity contribution in [3.8, 4) is 0 Å². The first-order valence-electron chi connectivity index (χ1n) is 12.2. The topological polar surface area (TPSA) is 292 Å². The third-order valence-corrected chi connectivity index (χ3v) is 6.57. The van der Waals surface area contributed by atoms with Crippen molar-refractivity contribution in [1.82, 2.24) is 0 Å². The van der Waals surface area contributed by atoms with Gasteiger partial charge < -0.3 is 84.3 Å². The Bertz CT molecular complexity index is 858. The van der Waals surface area contributed by atoms with Gasteiger partial charge in [-0.25, -0.2) is 0 Å². The van der Waals surface area contributed by atoms with Crippen LogP contribution in [0.1, 0.15) is 0 Å². The molecule has 3 aliphatic rings. The number of rotatable bonds is 12. The number of hydrogen-bond acceptors (Lipinski definition) is 18. The van der Waals surface area contributed by atoms with Gasteiger partial charge in [-0.05, 0) is 6.08 Å². The Kier molecular flexibility index (Phi) is 11.8. The third kappa shape index (κ3) is 7.01. The molecule has 230 valence electrons. The van der Waals surface area contributed by atoms with E-state index in [2.05, 4.69) is 0 Å². The highest BCUT2D eigenvalue weighted by Gasteiger charge is 2.53. The number of carbonyl (C=O) groups is 2. The molecule has 0 amide bonds. The van der Waals surface area contributed by atoms with Crippen LogP contribution < -0.4 is 0 Å². The van der Waals surface area contributed by atoms with E-state index in [0.717, 1.165) is 6.08 Å². The summed E-state index contributed by atoms with van der Waals surface area (Å²) in [6.45, 7) is -2.61. The fraction of sp³-hybridized carbons (Fsp3) is 0.818. The predicted molar refractivity (Wildman–Crippen MR) is 120 cm³/mol. The van der Waals surface area contributed by atoms with Crippen LogP contribution in [0, 0.1) is 0 Å². The molecule has 18 nitrogen and oxygen atoms in total. The van der Waals surface area contributed by atoms with Gasteiger partial charge in [0.2, 0.25) is 6.29 Å². The molecule has 3 rings (SSSR count). The molecule has 2 fully saturated rings. The maximum atomic E-state index is 11.1. The second-order valence-corrected chi connectivity index (χ2v) is 9.25. The van der Waals surface area contributed by atoms with Gasteiger partial charge >= 0.3 is 0 Å². The molecule has 15 unspecified atom stereocenters. The number of ether oxygens (including phenoxy) is 6. The van der Waals surface area contributed by atoms with Gasteiger partial charge in [-0.15, -0.1) is 0 Å². The lowest BCUT2D eigenvalue weighted by atomic mass is 9.96.